The number of aliphatic hydroxyl groups is 1. The Bertz CT molecular complexity index is 142. The van der Waals surface area contributed by atoms with Crippen LogP contribution in [0.2, 0.25) is 0 Å². The number of amides is 1. The average Bonchev–Trinajstić information content (AvgIpc) is 2.12. The molecule has 0 saturated carbocycles. The van der Waals surface area contributed by atoms with E-state index >= 15 is 0 Å². The zero-order valence-corrected chi connectivity index (χ0v) is 9.19. The molecule has 0 aliphatic rings. The van der Waals surface area contributed by atoms with Gasteiger partial charge in [-0.3, -0.25) is 4.79 Å². The molecule has 3 nitrogen and oxygen atoms in total. The first-order chi connectivity index (χ1) is 6.20. The Hall–Kier alpha value is -0.220. The molecular weight excluding hydrogens is 186 g/mol. The number of nitrogens with one attached hydrogen (secondary N) is 1. The maximum Gasteiger partial charge on any atom is 0.219 e. The predicted octanol–water partition coefficient (Wildman–Crippen LogP) is 1.02. The summed E-state index contributed by atoms with van der Waals surface area (Å²) in [6.45, 7) is 2.35. The molecule has 2 N–H and O–H groups in total. The lowest BCUT2D eigenvalue weighted by molar-refractivity contribution is -0.120. The summed E-state index contributed by atoms with van der Waals surface area (Å²) in [6.07, 6.45) is 2.36. The summed E-state index contributed by atoms with van der Waals surface area (Å²) in [5, 5.41) is 11.7. The van der Waals surface area contributed by atoms with Crippen LogP contribution in [0.1, 0.15) is 26.2 Å². The van der Waals surface area contributed by atoms with Crippen molar-refractivity contribution in [1.29, 1.82) is 0 Å². The lowest BCUT2D eigenvalue weighted by Crippen LogP contribution is -2.17. The zero-order chi connectivity index (χ0) is 10.1. The molecule has 1 atom stereocenters. The standard InChI is InChI=1S/C9H19NO2S/c1-8(5-6-11)13-7-3-4-9(12)10-2/h8,11H,3-7H2,1-2H3,(H,10,12). The predicted molar refractivity (Wildman–Crippen MR) is 56.9 cm³/mol. The topological polar surface area (TPSA) is 49.3 Å². The number of rotatable bonds is 7. The van der Waals surface area contributed by atoms with E-state index in [9.17, 15) is 4.79 Å². The molecule has 0 rings (SSSR count). The van der Waals surface area contributed by atoms with Crippen molar-refractivity contribution in [2.45, 2.75) is 31.4 Å². The normalized spacial score (nSPS) is 12.5. The molecule has 0 aliphatic heterocycles. The monoisotopic (exact) mass is 205 g/mol. The van der Waals surface area contributed by atoms with Gasteiger partial charge in [-0.2, -0.15) is 11.8 Å². The Morgan fingerprint density at radius 2 is 2.31 bits per heavy atom. The van der Waals surface area contributed by atoms with Crippen LogP contribution in [0.5, 0.6) is 0 Å². The van der Waals surface area contributed by atoms with Crippen LogP contribution in [0.4, 0.5) is 0 Å². The minimum atomic E-state index is 0.107. The lowest BCUT2D eigenvalue weighted by atomic mass is 10.3. The first kappa shape index (κ1) is 12.8. The molecule has 0 aromatic heterocycles. The van der Waals surface area contributed by atoms with Crippen LogP contribution in [0.3, 0.4) is 0 Å². The van der Waals surface area contributed by atoms with Gasteiger partial charge in [0.2, 0.25) is 5.91 Å². The SMILES string of the molecule is CNC(=O)CCCSC(C)CCO. The third kappa shape index (κ3) is 8.12. The fourth-order valence-corrected chi connectivity index (χ4v) is 1.89. The van der Waals surface area contributed by atoms with Crippen molar-refractivity contribution >= 4 is 17.7 Å². The molecule has 0 heterocycles. The Morgan fingerprint density at radius 1 is 1.62 bits per heavy atom. The highest BCUT2D eigenvalue weighted by Crippen LogP contribution is 2.15. The summed E-state index contributed by atoms with van der Waals surface area (Å²) in [4.78, 5) is 10.8. The van der Waals surface area contributed by atoms with E-state index in [4.69, 9.17) is 5.11 Å². The van der Waals surface area contributed by atoms with E-state index in [2.05, 4.69) is 12.2 Å². The quantitative estimate of drug-likeness (QED) is 0.610. The lowest BCUT2D eigenvalue weighted by Gasteiger charge is -2.08. The van der Waals surface area contributed by atoms with Gasteiger partial charge in [-0.15, -0.1) is 0 Å². The van der Waals surface area contributed by atoms with Crippen LogP contribution in [-0.4, -0.2) is 35.7 Å². The number of hydrogen-bond acceptors (Lipinski definition) is 3. The van der Waals surface area contributed by atoms with E-state index in [1.165, 1.54) is 0 Å². The zero-order valence-electron chi connectivity index (χ0n) is 8.38. The van der Waals surface area contributed by atoms with Crippen molar-refractivity contribution in [2.75, 3.05) is 19.4 Å². The maximum absolute atomic E-state index is 10.8. The van der Waals surface area contributed by atoms with E-state index in [1.54, 1.807) is 7.05 Å². The van der Waals surface area contributed by atoms with Crippen LogP contribution in [0, 0.1) is 0 Å². The van der Waals surface area contributed by atoms with Gasteiger partial charge in [-0.25, -0.2) is 0 Å². The summed E-state index contributed by atoms with van der Waals surface area (Å²) in [5.74, 6) is 1.10. The van der Waals surface area contributed by atoms with Crippen LogP contribution < -0.4 is 5.32 Å². The molecule has 0 bridgehead atoms. The molecule has 0 saturated heterocycles. The van der Waals surface area contributed by atoms with Gasteiger partial charge in [0.15, 0.2) is 0 Å². The smallest absolute Gasteiger partial charge is 0.219 e. The van der Waals surface area contributed by atoms with Crippen LogP contribution in [0.25, 0.3) is 0 Å². The molecule has 1 unspecified atom stereocenters. The molecule has 13 heavy (non-hydrogen) atoms. The van der Waals surface area contributed by atoms with Crippen molar-refractivity contribution in [2.24, 2.45) is 0 Å². The highest BCUT2D eigenvalue weighted by atomic mass is 32.2. The first-order valence-corrected chi connectivity index (χ1v) is 5.68. The fraction of sp³-hybridized carbons (Fsp3) is 0.889. The molecular formula is C9H19NO2S. The van der Waals surface area contributed by atoms with Crippen molar-refractivity contribution < 1.29 is 9.90 Å². The van der Waals surface area contributed by atoms with Crippen molar-refractivity contribution in [1.82, 2.24) is 5.32 Å². The Labute approximate surface area is 84.3 Å². The second-order valence-corrected chi connectivity index (χ2v) is 4.52. The van der Waals surface area contributed by atoms with Gasteiger partial charge in [0, 0.05) is 25.3 Å². The molecule has 0 aromatic rings. The van der Waals surface area contributed by atoms with Crippen molar-refractivity contribution in [3.05, 3.63) is 0 Å². The Balaban J connectivity index is 3.20. The van der Waals surface area contributed by atoms with E-state index in [0.717, 1.165) is 18.6 Å². The average molecular weight is 205 g/mol. The van der Waals surface area contributed by atoms with Crippen LogP contribution in [0.15, 0.2) is 0 Å². The molecule has 0 aromatic carbocycles. The minimum absolute atomic E-state index is 0.107. The second-order valence-electron chi connectivity index (χ2n) is 2.97. The van der Waals surface area contributed by atoms with Gasteiger partial charge in [0.1, 0.15) is 0 Å². The highest BCUT2D eigenvalue weighted by Gasteiger charge is 2.02. The first-order valence-electron chi connectivity index (χ1n) is 4.63. The molecule has 78 valence electrons. The molecule has 0 spiro atoms. The third-order valence-electron chi connectivity index (χ3n) is 1.77. The van der Waals surface area contributed by atoms with Crippen molar-refractivity contribution in [3.63, 3.8) is 0 Å². The van der Waals surface area contributed by atoms with Crippen LogP contribution in [-0.2, 0) is 4.79 Å². The van der Waals surface area contributed by atoms with E-state index in [-0.39, 0.29) is 12.5 Å². The third-order valence-corrected chi connectivity index (χ3v) is 3.09. The van der Waals surface area contributed by atoms with Gasteiger partial charge in [-0.1, -0.05) is 6.92 Å². The van der Waals surface area contributed by atoms with E-state index in [1.807, 2.05) is 11.8 Å². The fourth-order valence-electron chi connectivity index (χ4n) is 0.907. The maximum atomic E-state index is 10.8. The highest BCUT2D eigenvalue weighted by molar-refractivity contribution is 7.99. The van der Waals surface area contributed by atoms with Crippen LogP contribution >= 0.6 is 11.8 Å². The summed E-state index contributed by atoms with van der Waals surface area (Å²) in [5.41, 5.74) is 0. The van der Waals surface area contributed by atoms with Gasteiger partial charge >= 0.3 is 0 Å². The summed E-state index contributed by atoms with van der Waals surface area (Å²) in [6, 6.07) is 0. The largest absolute Gasteiger partial charge is 0.396 e. The van der Waals surface area contributed by atoms with Crippen molar-refractivity contribution in [3.8, 4) is 0 Å². The Morgan fingerprint density at radius 3 is 2.85 bits per heavy atom. The summed E-state index contributed by atoms with van der Waals surface area (Å²) in [7, 11) is 1.66. The summed E-state index contributed by atoms with van der Waals surface area (Å²) < 4.78 is 0. The molecule has 0 aliphatic carbocycles. The summed E-state index contributed by atoms with van der Waals surface area (Å²) >= 11 is 1.81. The van der Waals surface area contributed by atoms with E-state index in [0.29, 0.717) is 11.7 Å². The number of thioether (sulfide) groups is 1. The number of hydrogen-bond donors (Lipinski definition) is 2. The second kappa shape index (κ2) is 8.38. The van der Waals surface area contributed by atoms with Gasteiger partial charge < -0.3 is 10.4 Å². The van der Waals surface area contributed by atoms with Gasteiger partial charge in [-0.05, 0) is 18.6 Å². The molecule has 0 radical (unpaired) electrons. The van der Waals surface area contributed by atoms with E-state index < -0.39 is 0 Å². The molecule has 1 amide bonds. The molecule has 4 heteroatoms. The number of carbonyl (C=O) groups is 1. The van der Waals surface area contributed by atoms with Gasteiger partial charge in [0.25, 0.3) is 0 Å². The Kier molecular flexibility index (Phi) is 8.24. The number of carbonyl (C=O) groups excluding carboxylic acids is 1. The number of aliphatic hydroxyl groups excluding tert-OH is 1. The minimum Gasteiger partial charge on any atom is -0.396 e. The molecule has 0 fully saturated rings. The van der Waals surface area contributed by atoms with Gasteiger partial charge in [0.05, 0.1) is 0 Å².